The van der Waals surface area contributed by atoms with Gasteiger partial charge in [-0.05, 0) is 33.1 Å². The summed E-state index contributed by atoms with van der Waals surface area (Å²) >= 11 is 0. The van der Waals surface area contributed by atoms with Gasteiger partial charge in [-0.25, -0.2) is 9.13 Å². The molecule has 2 heteroatoms. The second kappa shape index (κ2) is 18.0. The first-order valence-corrected chi connectivity index (χ1v) is 13.3. The Bertz CT molecular complexity index is 475. The average Bonchev–Trinajstić information content (AvgIpc) is 3.11. The van der Waals surface area contributed by atoms with Crippen LogP contribution in [0.4, 0.5) is 0 Å². The third kappa shape index (κ3) is 12.5. The van der Waals surface area contributed by atoms with Gasteiger partial charge in [0.05, 0.1) is 12.6 Å². The maximum atomic E-state index is 2.51. The summed E-state index contributed by atoms with van der Waals surface area (Å²) in [5.41, 5.74) is 0. The van der Waals surface area contributed by atoms with E-state index in [4.69, 9.17) is 0 Å². The Hall–Kier alpha value is -0.790. The van der Waals surface area contributed by atoms with E-state index in [2.05, 4.69) is 49.2 Å². The monoisotopic (exact) mass is 405 g/mol. The number of hydrogen-bond acceptors (Lipinski definition) is 0. The zero-order valence-electron chi connectivity index (χ0n) is 20.6. The number of imidazole rings is 1. The van der Waals surface area contributed by atoms with Crippen LogP contribution in [-0.4, -0.2) is 4.57 Å². The first kappa shape index (κ1) is 26.2. The summed E-state index contributed by atoms with van der Waals surface area (Å²) in [6.45, 7) is 10.4. The van der Waals surface area contributed by atoms with Crippen LogP contribution in [0, 0.1) is 0 Å². The summed E-state index contributed by atoms with van der Waals surface area (Å²) in [4.78, 5) is 0. The molecule has 1 heterocycles. The number of aromatic nitrogens is 2. The summed E-state index contributed by atoms with van der Waals surface area (Å²) in [5.74, 6) is 1.52. The third-order valence-corrected chi connectivity index (χ3v) is 6.32. The van der Waals surface area contributed by atoms with Crippen LogP contribution in [-0.2, 0) is 13.0 Å². The molecule has 0 aliphatic rings. The van der Waals surface area contributed by atoms with E-state index in [9.17, 15) is 0 Å². The van der Waals surface area contributed by atoms with Crippen LogP contribution in [0.25, 0.3) is 0 Å². The minimum absolute atomic E-state index is 0.573. The van der Waals surface area contributed by atoms with Gasteiger partial charge >= 0.3 is 0 Å². The fraction of sp³-hybridized carbons (Fsp3) is 0.889. The van der Waals surface area contributed by atoms with Crippen LogP contribution in [0.5, 0.6) is 0 Å². The molecule has 0 saturated heterocycles. The van der Waals surface area contributed by atoms with Crippen molar-refractivity contribution >= 4 is 0 Å². The molecule has 170 valence electrons. The molecule has 0 bridgehead atoms. The van der Waals surface area contributed by atoms with E-state index in [1.54, 1.807) is 0 Å². The largest absolute Gasteiger partial charge is 0.256 e. The Morgan fingerprint density at radius 1 is 0.655 bits per heavy atom. The Morgan fingerprint density at radius 2 is 1.10 bits per heavy atom. The summed E-state index contributed by atoms with van der Waals surface area (Å²) in [7, 11) is 0. The first-order valence-electron chi connectivity index (χ1n) is 13.3. The lowest BCUT2D eigenvalue weighted by molar-refractivity contribution is -0.704. The van der Waals surface area contributed by atoms with Crippen molar-refractivity contribution in [2.24, 2.45) is 0 Å². The molecule has 0 aliphatic carbocycles. The van der Waals surface area contributed by atoms with E-state index in [0.717, 1.165) is 0 Å². The highest BCUT2D eigenvalue weighted by atomic mass is 15.2. The first-order chi connectivity index (χ1) is 14.2. The number of aryl methyl sites for hydroxylation is 1. The van der Waals surface area contributed by atoms with E-state index in [0.29, 0.717) is 6.04 Å². The fourth-order valence-corrected chi connectivity index (χ4v) is 4.47. The lowest BCUT2D eigenvalue weighted by atomic mass is 10.0. The van der Waals surface area contributed by atoms with Gasteiger partial charge < -0.3 is 0 Å². The lowest BCUT2D eigenvalue weighted by Crippen LogP contribution is -2.37. The molecule has 0 N–H and O–H groups in total. The lowest BCUT2D eigenvalue weighted by Gasteiger charge is -2.07. The standard InChI is InChI=1S/C27H53N2/c1-5-7-8-9-10-11-12-13-14-15-16-17-18-19-20-21-23-28-24-25-29(26(3)4)27(28)22-6-2/h24-26H,5-23H2,1-4H3/q+1. The van der Waals surface area contributed by atoms with Gasteiger partial charge in [0.2, 0.25) is 0 Å². The van der Waals surface area contributed by atoms with E-state index in [1.807, 2.05) is 0 Å². The van der Waals surface area contributed by atoms with Crippen LogP contribution in [0.1, 0.15) is 149 Å². The minimum Gasteiger partial charge on any atom is -0.234 e. The molecule has 0 fully saturated rings. The second-order valence-electron chi connectivity index (χ2n) is 9.46. The topological polar surface area (TPSA) is 8.81 Å². The van der Waals surface area contributed by atoms with Crippen LogP contribution < -0.4 is 4.57 Å². The third-order valence-electron chi connectivity index (χ3n) is 6.32. The molecule has 0 amide bonds. The Kier molecular flexibility index (Phi) is 16.3. The van der Waals surface area contributed by atoms with E-state index >= 15 is 0 Å². The van der Waals surface area contributed by atoms with Crippen LogP contribution in [0.15, 0.2) is 12.4 Å². The van der Waals surface area contributed by atoms with Crippen LogP contribution in [0.2, 0.25) is 0 Å². The van der Waals surface area contributed by atoms with Crippen molar-refractivity contribution in [3.8, 4) is 0 Å². The van der Waals surface area contributed by atoms with Gasteiger partial charge in [0, 0.05) is 6.42 Å². The van der Waals surface area contributed by atoms with Gasteiger partial charge in [0.1, 0.15) is 12.4 Å². The molecule has 0 atom stereocenters. The van der Waals surface area contributed by atoms with Gasteiger partial charge in [-0.2, -0.15) is 0 Å². The van der Waals surface area contributed by atoms with Crippen molar-refractivity contribution < 1.29 is 4.57 Å². The minimum atomic E-state index is 0.573. The zero-order chi connectivity index (χ0) is 21.2. The highest BCUT2D eigenvalue weighted by molar-refractivity contribution is 4.86. The SMILES string of the molecule is CCCCCCCCCCCCCCCCCC[n+]1ccn(C(C)C)c1CCC. The van der Waals surface area contributed by atoms with Crippen molar-refractivity contribution in [2.45, 2.75) is 156 Å². The number of hydrogen-bond donors (Lipinski definition) is 0. The molecule has 2 nitrogen and oxygen atoms in total. The summed E-state index contributed by atoms with van der Waals surface area (Å²) < 4.78 is 4.96. The Labute approximate surface area is 183 Å². The molecule has 1 aromatic heterocycles. The predicted molar refractivity (Wildman–Crippen MR) is 129 cm³/mol. The Morgan fingerprint density at radius 3 is 1.52 bits per heavy atom. The van der Waals surface area contributed by atoms with Crippen molar-refractivity contribution in [3.63, 3.8) is 0 Å². The number of rotatable bonds is 20. The quantitative estimate of drug-likeness (QED) is 0.152. The molecular formula is C27H53N2+. The molecule has 0 saturated carbocycles. The average molecular weight is 406 g/mol. The molecule has 0 aromatic carbocycles. The molecule has 1 rings (SSSR count). The fourth-order valence-electron chi connectivity index (χ4n) is 4.47. The molecule has 29 heavy (non-hydrogen) atoms. The predicted octanol–water partition coefficient (Wildman–Crippen LogP) is 8.57. The van der Waals surface area contributed by atoms with Crippen molar-refractivity contribution in [2.75, 3.05) is 0 Å². The van der Waals surface area contributed by atoms with Crippen LogP contribution >= 0.6 is 0 Å². The van der Waals surface area contributed by atoms with Crippen molar-refractivity contribution in [1.29, 1.82) is 0 Å². The summed E-state index contributed by atoms with van der Waals surface area (Å²) in [6, 6.07) is 0.573. The van der Waals surface area contributed by atoms with Gasteiger partial charge in [-0.15, -0.1) is 0 Å². The van der Waals surface area contributed by atoms with Gasteiger partial charge in [0.15, 0.2) is 0 Å². The zero-order valence-corrected chi connectivity index (χ0v) is 20.6. The molecule has 0 radical (unpaired) electrons. The number of unbranched alkanes of at least 4 members (excludes halogenated alkanes) is 15. The van der Waals surface area contributed by atoms with E-state index in [-0.39, 0.29) is 0 Å². The van der Waals surface area contributed by atoms with Gasteiger partial charge in [-0.1, -0.05) is 104 Å². The molecule has 0 spiro atoms. The van der Waals surface area contributed by atoms with E-state index in [1.165, 1.54) is 128 Å². The Balaban J connectivity index is 1.93. The molecular weight excluding hydrogens is 352 g/mol. The molecule has 0 unspecified atom stereocenters. The summed E-state index contributed by atoms with van der Waals surface area (Å²) in [6.07, 6.45) is 30.1. The number of nitrogens with zero attached hydrogens (tertiary/aromatic N) is 2. The molecule has 0 aliphatic heterocycles. The molecule has 1 aromatic rings. The normalized spacial score (nSPS) is 11.6. The maximum Gasteiger partial charge on any atom is 0.256 e. The second-order valence-corrected chi connectivity index (χ2v) is 9.46. The smallest absolute Gasteiger partial charge is 0.234 e. The van der Waals surface area contributed by atoms with Crippen LogP contribution in [0.3, 0.4) is 0 Å². The van der Waals surface area contributed by atoms with Gasteiger partial charge in [0.25, 0.3) is 5.82 Å². The van der Waals surface area contributed by atoms with Crippen molar-refractivity contribution in [3.05, 3.63) is 18.2 Å². The maximum absolute atomic E-state index is 2.51. The van der Waals surface area contributed by atoms with Crippen molar-refractivity contribution in [1.82, 2.24) is 4.57 Å². The van der Waals surface area contributed by atoms with E-state index < -0.39 is 0 Å². The van der Waals surface area contributed by atoms with Gasteiger partial charge in [-0.3, -0.25) is 0 Å². The summed E-state index contributed by atoms with van der Waals surface area (Å²) in [5, 5.41) is 0. The highest BCUT2D eigenvalue weighted by Gasteiger charge is 2.17. The highest BCUT2D eigenvalue weighted by Crippen LogP contribution is 2.14.